The number of hydrogen-bond donors (Lipinski definition) is 4. The molecule has 4 N–H and O–H groups in total. The third-order valence-corrected chi connectivity index (χ3v) is 7.58. The van der Waals surface area contributed by atoms with Crippen LogP contribution < -0.4 is 4.57 Å². The maximum atomic E-state index is 11.4. The first kappa shape index (κ1) is 23.0. The van der Waals surface area contributed by atoms with E-state index in [2.05, 4.69) is 18.8 Å². The van der Waals surface area contributed by atoms with Crippen molar-refractivity contribution in [1.29, 1.82) is 0 Å². The van der Waals surface area contributed by atoms with E-state index < -0.39 is 27.1 Å². The van der Waals surface area contributed by atoms with Gasteiger partial charge in [0.2, 0.25) is 5.40 Å². The number of unbranched alkanes of at least 4 members (excludes halogenated alkanes) is 6. The number of aromatic nitrogens is 1. The predicted molar refractivity (Wildman–Crippen MR) is 99.4 cm³/mol. The first-order valence-electron chi connectivity index (χ1n) is 8.73. The zero-order chi connectivity index (χ0) is 19.6. The summed E-state index contributed by atoms with van der Waals surface area (Å²) in [6, 6.07) is 3.37. The first-order valence-corrected chi connectivity index (χ1v) is 12.1. The number of pyridine rings is 1. The molecule has 0 unspecified atom stereocenters. The lowest BCUT2D eigenvalue weighted by molar-refractivity contribution is -0.694. The Morgan fingerprint density at radius 3 is 2.27 bits per heavy atom. The maximum Gasteiger partial charge on any atom is 0.347 e. The van der Waals surface area contributed by atoms with E-state index >= 15 is 0 Å². The van der Waals surface area contributed by atoms with Crippen LogP contribution in [0.15, 0.2) is 24.5 Å². The van der Waals surface area contributed by atoms with Crippen LogP contribution in [-0.4, -0.2) is 25.0 Å². The van der Waals surface area contributed by atoms with Crippen LogP contribution in [0.4, 0.5) is 0 Å². The van der Waals surface area contributed by atoms with E-state index in [1.165, 1.54) is 42.6 Å². The Hall–Kier alpha value is -0.990. The van der Waals surface area contributed by atoms with E-state index in [1.807, 2.05) is 0 Å². The third-order valence-electron chi connectivity index (χ3n) is 3.90. The molecule has 0 radical (unpaired) electrons. The van der Waals surface area contributed by atoms with Gasteiger partial charge in [0.25, 0.3) is 0 Å². The van der Waals surface area contributed by atoms with Crippen molar-refractivity contribution in [2.24, 2.45) is 0 Å². The van der Waals surface area contributed by atoms with Crippen molar-refractivity contribution in [3.05, 3.63) is 30.1 Å². The van der Waals surface area contributed by atoms with Crippen molar-refractivity contribution in [2.75, 3.05) is 0 Å². The monoisotopic (exact) mass is 404 g/mol. The molecule has 7 nitrogen and oxygen atoms in total. The van der Waals surface area contributed by atoms with Crippen LogP contribution >= 0.6 is 15.2 Å². The lowest BCUT2D eigenvalue weighted by Gasteiger charge is -2.16. The second-order valence-corrected chi connectivity index (χ2v) is 10.3. The molecule has 0 aliphatic rings. The van der Waals surface area contributed by atoms with Gasteiger partial charge in [0, 0.05) is 12.5 Å². The highest BCUT2D eigenvalue weighted by atomic mass is 31.2. The Labute approximate surface area is 154 Å². The molecule has 0 saturated heterocycles. The van der Waals surface area contributed by atoms with Crippen LogP contribution in [0.1, 0.15) is 57.4 Å². The minimum Gasteiger partial charge on any atom is -0.324 e. The van der Waals surface area contributed by atoms with Gasteiger partial charge in [-0.2, -0.15) is 0 Å². The fourth-order valence-corrected chi connectivity index (χ4v) is 4.84. The molecule has 26 heavy (non-hydrogen) atoms. The molecular formula is C17H28NO6P2+. The molecule has 0 aliphatic carbocycles. The van der Waals surface area contributed by atoms with Crippen molar-refractivity contribution < 1.29 is 33.3 Å². The van der Waals surface area contributed by atoms with Crippen molar-refractivity contribution in [3.63, 3.8) is 0 Å². The molecule has 0 bridgehead atoms. The summed E-state index contributed by atoms with van der Waals surface area (Å²) in [7, 11) is -9.88. The first-order chi connectivity index (χ1) is 12.1. The van der Waals surface area contributed by atoms with Gasteiger partial charge in [-0.15, -0.1) is 0 Å². The fraction of sp³-hybridized carbons (Fsp3) is 0.588. The molecule has 0 spiro atoms. The topological polar surface area (TPSA) is 119 Å². The Morgan fingerprint density at radius 1 is 1.04 bits per heavy atom. The predicted octanol–water partition coefficient (Wildman–Crippen LogP) is 2.76. The van der Waals surface area contributed by atoms with E-state index in [0.717, 1.165) is 19.3 Å². The molecule has 1 aromatic rings. The average molecular weight is 404 g/mol. The standard InChI is InChI=1S/C17H27NO6P2/c1-2-3-4-5-6-7-8-9-11-16-12-10-13-18(14-16)15-17(25(19,20)21)26(22,23)24/h10,12-14,17H,2-8,15H2,1H3,(H3-,19,20,21,22,23,24)/p+1. The van der Waals surface area contributed by atoms with Crippen LogP contribution in [-0.2, 0) is 15.7 Å². The maximum absolute atomic E-state index is 11.4. The number of nitrogens with zero attached hydrogens (tertiary/aromatic N) is 1. The average Bonchev–Trinajstić information content (AvgIpc) is 2.53. The Kier molecular flexibility index (Phi) is 9.74. The van der Waals surface area contributed by atoms with Crippen molar-refractivity contribution in [1.82, 2.24) is 0 Å². The van der Waals surface area contributed by atoms with Gasteiger partial charge in [0.05, 0.1) is 5.56 Å². The second-order valence-electron chi connectivity index (χ2n) is 6.27. The Bertz CT molecular complexity index is 693. The van der Waals surface area contributed by atoms with Gasteiger partial charge in [-0.25, -0.2) is 4.57 Å². The molecule has 0 saturated carbocycles. The number of rotatable bonds is 10. The summed E-state index contributed by atoms with van der Waals surface area (Å²) < 4.78 is 24.1. The summed E-state index contributed by atoms with van der Waals surface area (Å²) in [5.74, 6) is 6.04. The summed E-state index contributed by atoms with van der Waals surface area (Å²) in [5.41, 5.74) is 0.633. The highest BCUT2D eigenvalue weighted by Gasteiger charge is 2.46. The zero-order valence-electron chi connectivity index (χ0n) is 15.0. The summed E-state index contributed by atoms with van der Waals surface area (Å²) in [5, 5.41) is -2.06. The van der Waals surface area contributed by atoms with Gasteiger partial charge in [-0.3, -0.25) is 9.13 Å². The number of hydrogen-bond acceptors (Lipinski definition) is 2. The van der Waals surface area contributed by atoms with Gasteiger partial charge in [0.15, 0.2) is 18.9 Å². The van der Waals surface area contributed by atoms with Crippen molar-refractivity contribution >= 4 is 15.2 Å². The normalized spacial score (nSPS) is 12.1. The van der Waals surface area contributed by atoms with Gasteiger partial charge in [0.1, 0.15) is 0 Å². The minimum atomic E-state index is -4.94. The van der Waals surface area contributed by atoms with E-state index in [0.29, 0.717) is 5.56 Å². The van der Waals surface area contributed by atoms with Gasteiger partial charge < -0.3 is 19.6 Å². The lowest BCUT2D eigenvalue weighted by Crippen LogP contribution is -2.39. The lowest BCUT2D eigenvalue weighted by atomic mass is 10.1. The fourth-order valence-electron chi connectivity index (χ4n) is 2.46. The smallest absolute Gasteiger partial charge is 0.324 e. The molecule has 1 rings (SSSR count). The summed E-state index contributed by atoms with van der Waals surface area (Å²) in [4.78, 5) is 36.8. The van der Waals surface area contributed by atoms with Gasteiger partial charge in [-0.05, 0) is 12.5 Å². The summed E-state index contributed by atoms with van der Waals surface area (Å²) in [6.07, 6.45) is 10.9. The van der Waals surface area contributed by atoms with Crippen LogP contribution in [0.5, 0.6) is 0 Å². The van der Waals surface area contributed by atoms with Crippen LogP contribution in [0.3, 0.4) is 0 Å². The zero-order valence-corrected chi connectivity index (χ0v) is 16.8. The molecule has 1 aromatic heterocycles. The second kappa shape index (κ2) is 11.0. The van der Waals surface area contributed by atoms with Crippen molar-refractivity contribution in [2.45, 2.75) is 63.8 Å². The highest BCUT2D eigenvalue weighted by Crippen LogP contribution is 2.59. The van der Waals surface area contributed by atoms with E-state index in [4.69, 9.17) is 0 Å². The van der Waals surface area contributed by atoms with Crippen LogP contribution in [0, 0.1) is 11.8 Å². The molecule has 0 atom stereocenters. The molecule has 0 aromatic carbocycles. The van der Waals surface area contributed by atoms with Crippen molar-refractivity contribution in [3.8, 4) is 11.8 Å². The molecule has 0 aliphatic heterocycles. The Morgan fingerprint density at radius 2 is 1.65 bits per heavy atom. The van der Waals surface area contributed by atoms with Crippen LogP contribution in [0.2, 0.25) is 0 Å². The SMILES string of the molecule is CCCCCCCCC#Cc1ccc[n+](CC(P(=O)(O)O)P(=O)(O)O)c1. The summed E-state index contributed by atoms with van der Waals surface area (Å²) in [6.45, 7) is 1.70. The largest absolute Gasteiger partial charge is 0.347 e. The minimum absolute atomic E-state index is 0.485. The molecule has 9 heteroatoms. The molecule has 0 amide bonds. The Balaban J connectivity index is 2.64. The molecule has 146 valence electrons. The summed E-state index contributed by atoms with van der Waals surface area (Å²) >= 11 is 0. The molecular weight excluding hydrogens is 376 g/mol. The van der Waals surface area contributed by atoms with Crippen LogP contribution in [0.25, 0.3) is 0 Å². The molecule has 1 heterocycles. The van der Waals surface area contributed by atoms with Gasteiger partial charge in [-0.1, -0.05) is 50.9 Å². The highest BCUT2D eigenvalue weighted by molar-refractivity contribution is 7.70. The third kappa shape index (κ3) is 9.09. The van der Waals surface area contributed by atoms with E-state index in [9.17, 15) is 28.7 Å². The van der Waals surface area contributed by atoms with E-state index in [-0.39, 0.29) is 0 Å². The van der Waals surface area contributed by atoms with Gasteiger partial charge >= 0.3 is 15.2 Å². The molecule has 0 fully saturated rings. The van der Waals surface area contributed by atoms with E-state index in [1.54, 1.807) is 12.1 Å². The quantitative estimate of drug-likeness (QED) is 0.206.